The Hall–Kier alpha value is -2.58. The van der Waals surface area contributed by atoms with Crippen molar-refractivity contribution in [3.63, 3.8) is 0 Å². The molecule has 188 valence electrons. The highest BCUT2D eigenvalue weighted by Crippen LogP contribution is 2.61. The minimum atomic E-state index is -3.84. The molecule has 0 aliphatic heterocycles. The van der Waals surface area contributed by atoms with Crippen molar-refractivity contribution in [3.8, 4) is 11.5 Å². The predicted molar refractivity (Wildman–Crippen MR) is 134 cm³/mol. The highest BCUT2D eigenvalue weighted by molar-refractivity contribution is 7.89. The molecule has 5 rings (SSSR count). The van der Waals surface area contributed by atoms with E-state index in [-0.39, 0.29) is 34.0 Å². The van der Waals surface area contributed by atoms with E-state index in [1.807, 2.05) is 19.9 Å². The molecule has 35 heavy (non-hydrogen) atoms. The number of nitrogens with one attached hydrogen (secondary N) is 1. The zero-order valence-corrected chi connectivity index (χ0v) is 21.3. The SMILES string of the molecule is CCOc1cc2c(cc1O)/C(=N\NS(=O)(=O)c1ccc(C)cc1)C[C@@H]1[C@@H]2CC[C@]2(C)[C@@H](O)CC[C@@H]12. The molecule has 0 amide bonds. The van der Waals surface area contributed by atoms with Gasteiger partial charge in [0.15, 0.2) is 11.5 Å². The number of hydrazone groups is 1. The number of ether oxygens (including phenoxy) is 1. The van der Waals surface area contributed by atoms with Gasteiger partial charge in [0.2, 0.25) is 0 Å². The fourth-order valence-corrected chi connectivity index (χ4v) is 7.50. The molecule has 3 aliphatic rings. The van der Waals surface area contributed by atoms with Crippen molar-refractivity contribution >= 4 is 15.7 Å². The summed E-state index contributed by atoms with van der Waals surface area (Å²) in [6.45, 7) is 6.41. The number of rotatable bonds is 5. The molecule has 5 atom stereocenters. The van der Waals surface area contributed by atoms with Gasteiger partial charge in [-0.15, -0.1) is 0 Å². The summed E-state index contributed by atoms with van der Waals surface area (Å²) in [5.41, 5.74) is 3.26. The van der Waals surface area contributed by atoms with Crippen LogP contribution >= 0.6 is 0 Å². The summed E-state index contributed by atoms with van der Waals surface area (Å²) in [5.74, 6) is 1.27. The average molecular weight is 499 g/mol. The van der Waals surface area contributed by atoms with Gasteiger partial charge in [0.25, 0.3) is 10.0 Å². The predicted octanol–water partition coefficient (Wildman–Crippen LogP) is 4.46. The first-order valence-electron chi connectivity index (χ1n) is 12.5. The molecule has 0 heterocycles. The normalized spacial score (nSPS) is 30.9. The molecule has 0 unspecified atom stereocenters. The van der Waals surface area contributed by atoms with Crippen LogP contribution in [0.2, 0.25) is 0 Å². The third-order valence-corrected chi connectivity index (χ3v) is 9.81. The smallest absolute Gasteiger partial charge is 0.276 e. The Morgan fingerprint density at radius 1 is 1.17 bits per heavy atom. The van der Waals surface area contributed by atoms with Gasteiger partial charge in [0, 0.05) is 5.56 Å². The van der Waals surface area contributed by atoms with Crippen molar-refractivity contribution in [2.75, 3.05) is 6.61 Å². The van der Waals surface area contributed by atoms with E-state index in [1.165, 1.54) is 0 Å². The lowest BCUT2D eigenvalue weighted by atomic mass is 9.55. The van der Waals surface area contributed by atoms with E-state index >= 15 is 0 Å². The average Bonchev–Trinajstić information content (AvgIpc) is 3.13. The van der Waals surface area contributed by atoms with Crippen molar-refractivity contribution in [1.29, 1.82) is 0 Å². The van der Waals surface area contributed by atoms with E-state index in [9.17, 15) is 18.6 Å². The van der Waals surface area contributed by atoms with Gasteiger partial charge < -0.3 is 14.9 Å². The van der Waals surface area contributed by atoms with Gasteiger partial charge in [-0.2, -0.15) is 18.4 Å². The molecule has 2 fully saturated rings. The molecule has 3 aliphatic carbocycles. The number of phenolic OH excluding ortho intramolecular Hbond substituents is 1. The molecule has 0 aromatic heterocycles. The van der Waals surface area contributed by atoms with Gasteiger partial charge in [0.05, 0.1) is 23.3 Å². The van der Waals surface area contributed by atoms with Crippen molar-refractivity contribution < 1.29 is 23.4 Å². The first-order chi connectivity index (χ1) is 16.6. The van der Waals surface area contributed by atoms with Crippen LogP contribution in [-0.4, -0.2) is 37.1 Å². The summed E-state index contributed by atoms with van der Waals surface area (Å²) in [5, 5.41) is 25.8. The van der Waals surface area contributed by atoms with Gasteiger partial charge in [-0.25, -0.2) is 0 Å². The van der Waals surface area contributed by atoms with Crippen molar-refractivity contribution in [2.24, 2.45) is 22.4 Å². The highest BCUT2D eigenvalue weighted by Gasteiger charge is 2.55. The molecule has 2 aromatic carbocycles. The van der Waals surface area contributed by atoms with Crippen LogP contribution in [0, 0.1) is 24.2 Å². The highest BCUT2D eigenvalue weighted by atomic mass is 32.2. The van der Waals surface area contributed by atoms with Gasteiger partial charge in [0.1, 0.15) is 0 Å². The van der Waals surface area contributed by atoms with Crippen LogP contribution in [0.5, 0.6) is 11.5 Å². The summed E-state index contributed by atoms with van der Waals surface area (Å²) in [7, 11) is -3.84. The van der Waals surface area contributed by atoms with Crippen LogP contribution in [0.4, 0.5) is 0 Å². The van der Waals surface area contributed by atoms with Gasteiger partial charge in [-0.05, 0) is 98.9 Å². The van der Waals surface area contributed by atoms with Crippen LogP contribution in [0.1, 0.15) is 68.6 Å². The number of hydrogen-bond acceptors (Lipinski definition) is 6. The number of phenols is 1. The molecule has 2 aromatic rings. The summed E-state index contributed by atoms with van der Waals surface area (Å²) in [4.78, 5) is 2.59. The number of aryl methyl sites for hydroxylation is 1. The number of fused-ring (bicyclic) bond motifs is 5. The molecule has 7 nitrogen and oxygen atoms in total. The Balaban J connectivity index is 1.56. The molecule has 3 N–H and O–H groups in total. The van der Waals surface area contributed by atoms with Crippen molar-refractivity contribution in [2.45, 2.75) is 69.8 Å². The number of benzene rings is 2. The lowest BCUT2D eigenvalue weighted by molar-refractivity contribution is -0.0177. The summed E-state index contributed by atoms with van der Waals surface area (Å²) in [6.07, 6.45) is 3.90. The lowest BCUT2D eigenvalue weighted by Gasteiger charge is -2.50. The Labute approximate surface area is 207 Å². The molecule has 0 spiro atoms. The molecule has 0 saturated heterocycles. The Morgan fingerprint density at radius 2 is 1.91 bits per heavy atom. The maximum absolute atomic E-state index is 12.9. The van der Waals surface area contributed by atoms with Crippen LogP contribution in [-0.2, 0) is 10.0 Å². The van der Waals surface area contributed by atoms with E-state index in [0.29, 0.717) is 30.4 Å². The van der Waals surface area contributed by atoms with Crippen LogP contribution in [0.3, 0.4) is 0 Å². The molecule has 8 heteroatoms. The monoisotopic (exact) mass is 498 g/mol. The maximum atomic E-state index is 12.9. The maximum Gasteiger partial charge on any atom is 0.276 e. The summed E-state index contributed by atoms with van der Waals surface area (Å²) in [6, 6.07) is 10.2. The van der Waals surface area contributed by atoms with E-state index < -0.39 is 10.0 Å². The van der Waals surface area contributed by atoms with E-state index in [0.717, 1.165) is 42.4 Å². The molecular formula is C27H34N2O5S. The van der Waals surface area contributed by atoms with Gasteiger partial charge in [-0.3, -0.25) is 0 Å². The standard InChI is InChI=1S/C27H34N2O5S/c1-4-34-25-15-19-18-11-12-27(3)22(9-10-26(27)31)20(18)13-23(21(19)14-24(25)30)28-29-35(32,33)17-7-5-16(2)6-8-17/h5-8,14-15,18,20,22,26,29-31H,4,9-13H2,1-3H3/b28-23-/t18-,20-,22+,26+,27+/m1/s1. The Bertz CT molecular complexity index is 1260. The zero-order chi connectivity index (χ0) is 25.0. The first kappa shape index (κ1) is 24.1. The summed E-state index contributed by atoms with van der Waals surface area (Å²) >= 11 is 0. The second-order valence-corrected chi connectivity index (χ2v) is 12.2. The number of aromatic hydroxyl groups is 1. The van der Waals surface area contributed by atoms with E-state index in [2.05, 4.69) is 16.9 Å². The fraction of sp³-hybridized carbons (Fsp3) is 0.519. The lowest BCUT2D eigenvalue weighted by Crippen LogP contribution is -2.45. The number of sulfonamides is 1. The van der Waals surface area contributed by atoms with Crippen LogP contribution in [0.25, 0.3) is 0 Å². The Morgan fingerprint density at radius 3 is 2.63 bits per heavy atom. The largest absolute Gasteiger partial charge is 0.504 e. The number of aliphatic hydroxyl groups is 1. The summed E-state index contributed by atoms with van der Waals surface area (Å²) < 4.78 is 31.6. The quantitative estimate of drug-likeness (QED) is 0.528. The van der Waals surface area contributed by atoms with Crippen LogP contribution < -0.4 is 9.57 Å². The minimum Gasteiger partial charge on any atom is -0.504 e. The molecule has 0 radical (unpaired) electrons. The number of hydrogen-bond donors (Lipinski definition) is 3. The fourth-order valence-electron chi connectivity index (χ4n) is 6.67. The van der Waals surface area contributed by atoms with Crippen LogP contribution in [0.15, 0.2) is 46.4 Å². The molecule has 0 bridgehead atoms. The zero-order valence-electron chi connectivity index (χ0n) is 20.5. The topological polar surface area (TPSA) is 108 Å². The second kappa shape index (κ2) is 8.82. The number of nitrogens with zero attached hydrogens (tertiary/aromatic N) is 1. The third-order valence-electron chi connectivity index (χ3n) is 8.59. The first-order valence-corrected chi connectivity index (χ1v) is 14.0. The molecular weight excluding hydrogens is 464 g/mol. The van der Waals surface area contributed by atoms with E-state index in [1.54, 1.807) is 30.3 Å². The van der Waals surface area contributed by atoms with Crippen molar-refractivity contribution in [1.82, 2.24) is 4.83 Å². The van der Waals surface area contributed by atoms with Gasteiger partial charge >= 0.3 is 0 Å². The number of aliphatic hydroxyl groups excluding tert-OH is 1. The second-order valence-electron chi connectivity index (χ2n) is 10.5. The molecule has 2 saturated carbocycles. The van der Waals surface area contributed by atoms with Crippen molar-refractivity contribution in [3.05, 3.63) is 53.1 Å². The Kier molecular flexibility index (Phi) is 6.08. The van der Waals surface area contributed by atoms with Gasteiger partial charge in [-0.1, -0.05) is 24.6 Å². The van der Waals surface area contributed by atoms with E-state index in [4.69, 9.17) is 4.74 Å². The third kappa shape index (κ3) is 4.10. The minimum absolute atomic E-state index is 0.0232.